The molecule has 19 heavy (non-hydrogen) atoms. The van der Waals surface area contributed by atoms with Gasteiger partial charge in [-0.2, -0.15) is 5.26 Å². The van der Waals surface area contributed by atoms with Gasteiger partial charge >= 0.3 is 11.9 Å². The molecule has 0 radical (unpaired) electrons. The molecule has 0 atom stereocenters. The third-order valence-electron chi connectivity index (χ3n) is 3.04. The van der Waals surface area contributed by atoms with Crippen molar-refractivity contribution >= 4 is 28.8 Å². The van der Waals surface area contributed by atoms with E-state index in [1.165, 1.54) is 6.08 Å². The second-order valence-corrected chi connectivity index (χ2v) is 4.07. The molecule has 0 unspecified atom stereocenters. The number of hydrogen-bond acceptors (Lipinski definition) is 4. The molecule has 0 fully saturated rings. The predicted molar refractivity (Wildman–Crippen MR) is 68.3 cm³/mol. The molecule has 4 heteroatoms. The van der Waals surface area contributed by atoms with Gasteiger partial charge in [0.1, 0.15) is 0 Å². The topological polar surface area (TPSA) is 67.2 Å². The van der Waals surface area contributed by atoms with E-state index in [4.69, 9.17) is 5.26 Å². The van der Waals surface area contributed by atoms with Gasteiger partial charge in [-0.1, -0.05) is 18.2 Å². The van der Waals surface area contributed by atoms with Crippen LogP contribution in [0.5, 0.6) is 0 Å². The fraction of sp³-hybridized carbons (Fsp3) is 0. The highest BCUT2D eigenvalue weighted by atomic mass is 16.6. The van der Waals surface area contributed by atoms with E-state index < -0.39 is 11.9 Å². The van der Waals surface area contributed by atoms with Crippen LogP contribution in [0.4, 0.5) is 0 Å². The van der Waals surface area contributed by atoms with Crippen molar-refractivity contribution in [3.05, 3.63) is 53.1 Å². The maximum atomic E-state index is 11.7. The molecule has 1 aliphatic heterocycles. The van der Waals surface area contributed by atoms with E-state index in [2.05, 4.69) is 4.74 Å². The molecule has 0 N–H and O–H groups in total. The quantitative estimate of drug-likeness (QED) is 0.442. The second kappa shape index (κ2) is 4.07. The average Bonchev–Trinajstić information content (AvgIpc) is 2.42. The summed E-state index contributed by atoms with van der Waals surface area (Å²) in [6.45, 7) is 0. The highest BCUT2D eigenvalue weighted by Gasteiger charge is 2.27. The van der Waals surface area contributed by atoms with E-state index in [0.717, 1.165) is 10.9 Å². The third kappa shape index (κ3) is 1.60. The van der Waals surface area contributed by atoms with E-state index in [0.29, 0.717) is 16.5 Å². The van der Waals surface area contributed by atoms with Crippen molar-refractivity contribution in [2.24, 2.45) is 0 Å². The Kier molecular flexibility index (Phi) is 2.39. The number of benzene rings is 2. The number of esters is 2. The number of allylic oxidation sites excluding steroid dienone is 1. The lowest BCUT2D eigenvalue weighted by atomic mass is 9.94. The number of ether oxygens (including phenoxy) is 1. The molecular weight excluding hydrogens is 242 g/mol. The van der Waals surface area contributed by atoms with Crippen molar-refractivity contribution in [2.75, 3.05) is 0 Å². The highest BCUT2D eigenvalue weighted by molar-refractivity contribution is 6.21. The van der Waals surface area contributed by atoms with Gasteiger partial charge in [0.05, 0.1) is 17.2 Å². The zero-order chi connectivity index (χ0) is 13.4. The number of nitrogens with zero attached hydrogens (tertiary/aromatic N) is 1. The Morgan fingerprint density at radius 3 is 2.53 bits per heavy atom. The van der Waals surface area contributed by atoms with Gasteiger partial charge in [0.15, 0.2) is 0 Å². The Balaban J connectivity index is 2.42. The standard InChI is InChI=1S/C15H7NO3/c16-8-2-3-9-6-7-12-13-10(9)4-1-5-11(13)14(17)19-15(12)18/h1-7H. The van der Waals surface area contributed by atoms with Crippen molar-refractivity contribution in [3.8, 4) is 6.07 Å². The van der Waals surface area contributed by atoms with Crippen LogP contribution in [0, 0.1) is 11.3 Å². The van der Waals surface area contributed by atoms with Crippen LogP contribution in [-0.4, -0.2) is 11.9 Å². The molecule has 0 amide bonds. The van der Waals surface area contributed by atoms with Crippen LogP contribution < -0.4 is 0 Å². The number of rotatable bonds is 1. The van der Waals surface area contributed by atoms with Crippen molar-refractivity contribution in [1.29, 1.82) is 5.26 Å². The van der Waals surface area contributed by atoms with Gasteiger partial charge in [-0.3, -0.25) is 0 Å². The summed E-state index contributed by atoms with van der Waals surface area (Å²) in [5.41, 5.74) is 1.53. The van der Waals surface area contributed by atoms with Crippen molar-refractivity contribution in [3.63, 3.8) is 0 Å². The molecule has 1 aliphatic rings. The van der Waals surface area contributed by atoms with Crippen LogP contribution in [0.25, 0.3) is 16.8 Å². The summed E-state index contributed by atoms with van der Waals surface area (Å²) in [4.78, 5) is 23.4. The average molecular weight is 249 g/mol. The van der Waals surface area contributed by atoms with Crippen LogP contribution in [0.1, 0.15) is 26.3 Å². The largest absolute Gasteiger partial charge is 0.386 e. The Hall–Kier alpha value is -2.93. The number of carbonyl (C=O) groups is 2. The first-order valence-corrected chi connectivity index (χ1v) is 5.61. The third-order valence-corrected chi connectivity index (χ3v) is 3.04. The molecule has 0 saturated heterocycles. The van der Waals surface area contributed by atoms with E-state index >= 15 is 0 Å². The molecule has 4 nitrogen and oxygen atoms in total. The first-order chi connectivity index (χ1) is 9.22. The number of hydrogen-bond donors (Lipinski definition) is 0. The summed E-state index contributed by atoms with van der Waals surface area (Å²) < 4.78 is 4.68. The fourth-order valence-corrected chi connectivity index (χ4v) is 2.24. The minimum atomic E-state index is -0.635. The normalized spacial score (nSPS) is 13.6. The van der Waals surface area contributed by atoms with Gasteiger partial charge in [-0.15, -0.1) is 0 Å². The fourth-order valence-electron chi connectivity index (χ4n) is 2.24. The SMILES string of the molecule is N#CC=Cc1ccc2c3c(cccc13)C(=O)OC2=O. The van der Waals surface area contributed by atoms with Crippen LogP contribution in [-0.2, 0) is 4.74 Å². The van der Waals surface area contributed by atoms with Crippen molar-refractivity contribution < 1.29 is 14.3 Å². The van der Waals surface area contributed by atoms with Gasteiger partial charge in [0, 0.05) is 11.5 Å². The Morgan fingerprint density at radius 2 is 1.79 bits per heavy atom. The summed E-state index contributed by atoms with van der Waals surface area (Å²) >= 11 is 0. The van der Waals surface area contributed by atoms with Crippen LogP contribution >= 0.6 is 0 Å². The molecular formula is C15H7NO3. The monoisotopic (exact) mass is 249 g/mol. The van der Waals surface area contributed by atoms with E-state index in [1.807, 2.05) is 12.1 Å². The van der Waals surface area contributed by atoms with Crippen LogP contribution in [0.15, 0.2) is 36.4 Å². The lowest BCUT2D eigenvalue weighted by Crippen LogP contribution is -2.19. The van der Waals surface area contributed by atoms with Gasteiger partial charge in [0.2, 0.25) is 0 Å². The first-order valence-electron chi connectivity index (χ1n) is 5.61. The van der Waals surface area contributed by atoms with Crippen LogP contribution in [0.2, 0.25) is 0 Å². The molecule has 0 saturated carbocycles. The molecule has 0 aliphatic carbocycles. The number of carbonyl (C=O) groups excluding carboxylic acids is 2. The summed E-state index contributed by atoms with van der Waals surface area (Å²) in [6.07, 6.45) is 3.00. The molecule has 0 aromatic heterocycles. The molecule has 0 bridgehead atoms. The zero-order valence-electron chi connectivity index (χ0n) is 9.71. The molecule has 90 valence electrons. The maximum Gasteiger partial charge on any atom is 0.346 e. The highest BCUT2D eigenvalue weighted by Crippen LogP contribution is 2.31. The minimum absolute atomic E-state index is 0.374. The second-order valence-electron chi connectivity index (χ2n) is 4.07. The summed E-state index contributed by atoms with van der Waals surface area (Å²) in [7, 11) is 0. The summed E-state index contributed by atoms with van der Waals surface area (Å²) in [5, 5.41) is 9.93. The molecule has 2 aromatic carbocycles. The molecule has 3 rings (SSSR count). The maximum absolute atomic E-state index is 11.7. The summed E-state index contributed by atoms with van der Waals surface area (Å²) in [6, 6.07) is 10.4. The smallest absolute Gasteiger partial charge is 0.346 e. The van der Waals surface area contributed by atoms with Gasteiger partial charge < -0.3 is 4.74 Å². The van der Waals surface area contributed by atoms with Crippen LogP contribution in [0.3, 0.4) is 0 Å². The molecule has 2 aromatic rings. The zero-order valence-corrected chi connectivity index (χ0v) is 9.71. The molecule has 0 spiro atoms. The van der Waals surface area contributed by atoms with E-state index in [-0.39, 0.29) is 0 Å². The van der Waals surface area contributed by atoms with Gasteiger partial charge in [0.25, 0.3) is 0 Å². The first kappa shape index (κ1) is 11.2. The number of cyclic esters (lactones) is 2. The minimum Gasteiger partial charge on any atom is -0.386 e. The van der Waals surface area contributed by atoms with Gasteiger partial charge in [-0.05, 0) is 29.2 Å². The lowest BCUT2D eigenvalue weighted by molar-refractivity contribution is 0.0391. The molecule has 1 heterocycles. The van der Waals surface area contributed by atoms with Crippen molar-refractivity contribution in [2.45, 2.75) is 0 Å². The Bertz CT molecular complexity index is 777. The van der Waals surface area contributed by atoms with Crippen molar-refractivity contribution in [1.82, 2.24) is 0 Å². The number of nitriles is 1. The summed E-state index contributed by atoms with van der Waals surface area (Å²) in [5.74, 6) is -1.27. The Morgan fingerprint density at radius 1 is 1.05 bits per heavy atom. The predicted octanol–water partition coefficient (Wildman–Crippen LogP) is 2.69. The van der Waals surface area contributed by atoms with E-state index in [1.54, 1.807) is 30.3 Å². The lowest BCUT2D eigenvalue weighted by Gasteiger charge is -2.16. The van der Waals surface area contributed by atoms with E-state index in [9.17, 15) is 9.59 Å². The Labute approximate surface area is 108 Å². The van der Waals surface area contributed by atoms with Gasteiger partial charge in [-0.25, -0.2) is 9.59 Å².